The van der Waals surface area contributed by atoms with E-state index in [9.17, 15) is 24.3 Å². The molecule has 5 aliphatic rings. The number of nitrogens with zero attached hydrogens (tertiary/aromatic N) is 1. The second-order valence-electron chi connectivity index (χ2n) is 10.8. The minimum Gasteiger partial charge on any atom is -0.508 e. The lowest BCUT2D eigenvalue weighted by atomic mass is 9.59. The van der Waals surface area contributed by atoms with E-state index in [0.29, 0.717) is 33.7 Å². The predicted octanol–water partition coefficient (Wildman–Crippen LogP) is 4.81. The molecule has 7 heteroatoms. The van der Waals surface area contributed by atoms with Gasteiger partial charge in [0, 0.05) is 39.3 Å². The third kappa shape index (κ3) is 3.37. The summed E-state index contributed by atoms with van der Waals surface area (Å²) in [5.41, 5.74) is 2.37. The molecule has 6 rings (SSSR count). The Morgan fingerprint density at radius 3 is 2.50 bits per heavy atom. The molecule has 0 spiro atoms. The number of imide groups is 1. The minimum absolute atomic E-state index is 0.0231. The smallest absolute Gasteiger partial charge is 0.233 e. The zero-order valence-corrected chi connectivity index (χ0v) is 20.9. The van der Waals surface area contributed by atoms with Crippen LogP contribution in [0.15, 0.2) is 52.6 Å². The Balaban J connectivity index is 1.48. The largest absolute Gasteiger partial charge is 0.508 e. The van der Waals surface area contributed by atoms with Crippen LogP contribution in [0.5, 0.6) is 5.75 Å². The van der Waals surface area contributed by atoms with Gasteiger partial charge in [-0.15, -0.1) is 0 Å². The van der Waals surface area contributed by atoms with E-state index < -0.39 is 17.8 Å². The molecule has 1 heterocycles. The van der Waals surface area contributed by atoms with E-state index in [2.05, 4.69) is 0 Å². The van der Waals surface area contributed by atoms with Crippen molar-refractivity contribution in [3.8, 4) is 5.75 Å². The highest BCUT2D eigenvalue weighted by Gasteiger charge is 2.57. The van der Waals surface area contributed by atoms with Gasteiger partial charge < -0.3 is 5.11 Å². The van der Waals surface area contributed by atoms with Crippen LogP contribution in [0, 0.1) is 17.8 Å². The van der Waals surface area contributed by atoms with Crippen LogP contribution >= 0.6 is 11.6 Å². The number of hydrogen-bond donors (Lipinski definition) is 1. The molecule has 0 aromatic heterocycles. The summed E-state index contributed by atoms with van der Waals surface area (Å²) >= 11 is 6.30. The van der Waals surface area contributed by atoms with E-state index in [4.69, 9.17) is 11.6 Å². The molecule has 1 N–H and O–H groups in total. The van der Waals surface area contributed by atoms with Crippen molar-refractivity contribution in [1.82, 2.24) is 4.90 Å². The first kappa shape index (κ1) is 23.4. The Kier molecular flexibility index (Phi) is 5.56. The van der Waals surface area contributed by atoms with Crippen molar-refractivity contribution in [2.45, 2.75) is 63.8 Å². The van der Waals surface area contributed by atoms with Crippen LogP contribution in [0.2, 0.25) is 5.02 Å². The van der Waals surface area contributed by atoms with E-state index in [1.54, 1.807) is 19.1 Å². The molecular weight excluding hydrogens is 478 g/mol. The second kappa shape index (κ2) is 8.55. The summed E-state index contributed by atoms with van der Waals surface area (Å²) < 4.78 is 0. The van der Waals surface area contributed by atoms with Gasteiger partial charge in [-0.2, -0.15) is 0 Å². The monoisotopic (exact) mass is 505 g/mol. The molecule has 1 saturated heterocycles. The molecule has 36 heavy (non-hydrogen) atoms. The molecule has 2 fully saturated rings. The van der Waals surface area contributed by atoms with Crippen molar-refractivity contribution in [2.24, 2.45) is 17.8 Å². The van der Waals surface area contributed by atoms with E-state index in [-0.39, 0.29) is 47.5 Å². The van der Waals surface area contributed by atoms with Gasteiger partial charge in [-0.3, -0.25) is 24.1 Å². The average molecular weight is 506 g/mol. The first-order valence-electron chi connectivity index (χ1n) is 12.8. The standard InChI is InChI=1S/C29H28ClNO5/c1-14-11-23(33)21-13-19-17(24(26(21)27(14)34)20-12-15(30)7-10-22(20)32)8-9-18-25(19)29(36)31(28(18)35)16-5-3-2-4-6-16/h7-8,10-12,16,18-19,24-25,32H,2-6,9,13H2,1H3/t18-,19+,24+,25-/m0/s1. The molecular formula is C29H28ClNO5. The number of hydrogen-bond acceptors (Lipinski definition) is 5. The van der Waals surface area contributed by atoms with Crippen LogP contribution in [0.3, 0.4) is 0 Å². The molecule has 0 unspecified atom stereocenters. The number of phenolic OH excluding ortho intramolecular Hbond substituents is 1. The van der Waals surface area contributed by atoms with Gasteiger partial charge in [-0.1, -0.05) is 42.5 Å². The van der Waals surface area contributed by atoms with Crippen molar-refractivity contribution < 1.29 is 24.3 Å². The number of ketones is 2. The predicted molar refractivity (Wildman–Crippen MR) is 133 cm³/mol. The van der Waals surface area contributed by atoms with Gasteiger partial charge in [0.1, 0.15) is 5.75 Å². The van der Waals surface area contributed by atoms with Crippen LogP contribution < -0.4 is 0 Å². The van der Waals surface area contributed by atoms with Crippen molar-refractivity contribution in [2.75, 3.05) is 0 Å². The number of carbonyl (C=O) groups is 4. The van der Waals surface area contributed by atoms with Gasteiger partial charge in [-0.05, 0) is 62.8 Å². The molecule has 4 aliphatic carbocycles. The van der Waals surface area contributed by atoms with Crippen LogP contribution in [-0.2, 0) is 19.2 Å². The quantitative estimate of drug-likeness (QED) is 0.354. The molecule has 2 amide bonds. The number of amides is 2. The average Bonchev–Trinajstić information content (AvgIpc) is 3.13. The van der Waals surface area contributed by atoms with Gasteiger partial charge >= 0.3 is 0 Å². The van der Waals surface area contributed by atoms with Crippen molar-refractivity contribution in [3.05, 3.63) is 63.2 Å². The highest BCUT2D eigenvalue weighted by molar-refractivity contribution is 6.30. The van der Waals surface area contributed by atoms with E-state index >= 15 is 0 Å². The normalized spacial score (nSPS) is 30.7. The molecule has 0 bridgehead atoms. The second-order valence-corrected chi connectivity index (χ2v) is 11.2. The maximum Gasteiger partial charge on any atom is 0.233 e. The van der Waals surface area contributed by atoms with Gasteiger partial charge in [0.15, 0.2) is 11.6 Å². The number of phenols is 1. The number of benzene rings is 1. The van der Waals surface area contributed by atoms with Crippen molar-refractivity contribution in [1.29, 1.82) is 0 Å². The van der Waals surface area contributed by atoms with Gasteiger partial charge in [0.25, 0.3) is 0 Å². The number of allylic oxidation sites excluding steroid dienone is 6. The number of likely N-dealkylation sites (tertiary alicyclic amines) is 1. The number of carbonyl (C=O) groups excluding carboxylic acids is 4. The SMILES string of the molecule is CC1=CC(=O)C2=C(C1=O)[C@@H](c1cc(Cl)ccc1O)C1=CC[C@@H]3C(=O)N(C4CCCCC4)C(=O)[C@@H]3[C@@H]1C2. The summed E-state index contributed by atoms with van der Waals surface area (Å²) in [7, 11) is 0. The highest BCUT2D eigenvalue weighted by atomic mass is 35.5. The summed E-state index contributed by atoms with van der Waals surface area (Å²) in [4.78, 5) is 55.5. The summed E-state index contributed by atoms with van der Waals surface area (Å²) in [6.45, 7) is 1.62. The lowest BCUT2D eigenvalue weighted by Gasteiger charge is -2.42. The van der Waals surface area contributed by atoms with E-state index in [0.717, 1.165) is 37.7 Å². The number of rotatable bonds is 2. The Hall–Kier alpha value is -2.99. The molecule has 1 aromatic carbocycles. The minimum atomic E-state index is -0.690. The molecule has 1 aliphatic heterocycles. The molecule has 4 atom stereocenters. The third-order valence-electron chi connectivity index (χ3n) is 8.84. The maximum absolute atomic E-state index is 13.9. The number of aromatic hydroxyl groups is 1. The number of Topliss-reactive ketones (excluding diaryl/α,β-unsaturated/α-hetero) is 1. The van der Waals surface area contributed by atoms with E-state index in [1.165, 1.54) is 17.0 Å². The van der Waals surface area contributed by atoms with Crippen LogP contribution in [0.4, 0.5) is 0 Å². The Morgan fingerprint density at radius 2 is 1.75 bits per heavy atom. The van der Waals surface area contributed by atoms with Gasteiger partial charge in [-0.25, -0.2) is 0 Å². The Morgan fingerprint density at radius 1 is 1.00 bits per heavy atom. The third-order valence-corrected chi connectivity index (χ3v) is 9.07. The highest BCUT2D eigenvalue weighted by Crippen LogP contribution is 2.56. The zero-order valence-electron chi connectivity index (χ0n) is 20.1. The Labute approximate surface area is 214 Å². The van der Waals surface area contributed by atoms with Gasteiger partial charge in [0.2, 0.25) is 11.8 Å². The summed E-state index contributed by atoms with van der Waals surface area (Å²) in [5.74, 6) is -2.83. The zero-order chi connectivity index (χ0) is 25.3. The lowest BCUT2D eigenvalue weighted by molar-refractivity contribution is -0.143. The fourth-order valence-corrected chi connectivity index (χ4v) is 7.38. The van der Waals surface area contributed by atoms with Crippen LogP contribution in [0.25, 0.3) is 0 Å². The van der Waals surface area contributed by atoms with Crippen molar-refractivity contribution in [3.63, 3.8) is 0 Å². The maximum atomic E-state index is 13.9. The fourth-order valence-electron chi connectivity index (χ4n) is 7.20. The first-order chi connectivity index (χ1) is 17.3. The number of halogens is 1. The molecule has 1 saturated carbocycles. The summed E-state index contributed by atoms with van der Waals surface area (Å²) in [6, 6.07) is 4.63. The molecule has 0 radical (unpaired) electrons. The van der Waals surface area contributed by atoms with Gasteiger partial charge in [0.05, 0.1) is 11.8 Å². The van der Waals surface area contributed by atoms with E-state index in [1.807, 2.05) is 6.08 Å². The molecule has 6 nitrogen and oxygen atoms in total. The van der Waals surface area contributed by atoms with Crippen LogP contribution in [-0.4, -0.2) is 39.4 Å². The topological polar surface area (TPSA) is 91.8 Å². The fraction of sp³-hybridized carbons (Fsp3) is 0.448. The van der Waals surface area contributed by atoms with Crippen molar-refractivity contribution >= 4 is 35.0 Å². The summed E-state index contributed by atoms with van der Waals surface area (Å²) in [6.07, 6.45) is 8.81. The molecule has 186 valence electrons. The lowest BCUT2D eigenvalue weighted by Crippen LogP contribution is -2.43. The summed E-state index contributed by atoms with van der Waals surface area (Å²) in [5, 5.41) is 11.2. The van der Waals surface area contributed by atoms with Crippen LogP contribution in [0.1, 0.15) is 63.4 Å². The first-order valence-corrected chi connectivity index (χ1v) is 13.2. The Bertz CT molecular complexity index is 1310. The molecule has 1 aromatic rings. The number of fused-ring (bicyclic) bond motifs is 3.